The summed E-state index contributed by atoms with van der Waals surface area (Å²) in [6, 6.07) is 12.0. The summed E-state index contributed by atoms with van der Waals surface area (Å²) in [5.74, 6) is 0.240. The molecule has 2 rings (SSSR count). The van der Waals surface area contributed by atoms with Gasteiger partial charge in [-0.3, -0.25) is 4.79 Å². The van der Waals surface area contributed by atoms with Gasteiger partial charge in [0.05, 0.1) is 4.90 Å². The van der Waals surface area contributed by atoms with E-state index in [4.69, 9.17) is 4.74 Å². The number of hydrogen-bond acceptors (Lipinski definition) is 4. The third-order valence-electron chi connectivity index (χ3n) is 3.65. The molecule has 134 valence electrons. The van der Waals surface area contributed by atoms with Crippen LogP contribution in [-0.2, 0) is 14.8 Å². The number of benzene rings is 2. The summed E-state index contributed by atoms with van der Waals surface area (Å²) < 4.78 is 31.0. The zero-order valence-electron chi connectivity index (χ0n) is 14.7. The second-order valence-corrected chi connectivity index (χ2v) is 8.07. The normalized spacial score (nSPS) is 11.4. The number of nitrogens with one attached hydrogen (secondary N) is 1. The number of nitrogens with zero attached hydrogens (tertiary/aromatic N) is 1. The average molecular weight is 362 g/mol. The van der Waals surface area contributed by atoms with E-state index in [1.54, 1.807) is 25.1 Å². The number of hydrogen-bond donors (Lipinski definition) is 1. The van der Waals surface area contributed by atoms with Gasteiger partial charge in [-0.05, 0) is 43.7 Å². The molecule has 0 radical (unpaired) electrons. The van der Waals surface area contributed by atoms with Crippen LogP contribution in [0, 0.1) is 13.8 Å². The first-order valence-electron chi connectivity index (χ1n) is 7.72. The van der Waals surface area contributed by atoms with Gasteiger partial charge in [0.25, 0.3) is 5.91 Å². The van der Waals surface area contributed by atoms with E-state index in [0.717, 1.165) is 15.4 Å². The van der Waals surface area contributed by atoms with Crippen LogP contribution in [0.3, 0.4) is 0 Å². The summed E-state index contributed by atoms with van der Waals surface area (Å²) in [5, 5.41) is 2.70. The van der Waals surface area contributed by atoms with E-state index in [-0.39, 0.29) is 17.4 Å². The van der Waals surface area contributed by atoms with Crippen LogP contribution in [0.5, 0.6) is 5.75 Å². The van der Waals surface area contributed by atoms with Gasteiger partial charge in [0, 0.05) is 19.8 Å². The molecular formula is C18H22N2O4S. The van der Waals surface area contributed by atoms with E-state index < -0.39 is 10.0 Å². The standard InChI is InChI=1S/C18H22N2O4S/c1-13-5-8-15(9-6-13)24-12-18(21)19-17-11-16(10-7-14(17)2)25(22,23)20(3)4/h5-11H,12H2,1-4H3,(H,19,21). The molecule has 0 fully saturated rings. The fourth-order valence-electron chi connectivity index (χ4n) is 2.08. The molecule has 0 unspecified atom stereocenters. The highest BCUT2D eigenvalue weighted by Crippen LogP contribution is 2.22. The largest absolute Gasteiger partial charge is 0.484 e. The first-order valence-corrected chi connectivity index (χ1v) is 9.16. The number of anilines is 1. The minimum absolute atomic E-state index is 0.123. The first-order chi connectivity index (χ1) is 11.7. The number of aryl methyl sites for hydroxylation is 2. The number of rotatable bonds is 6. The van der Waals surface area contributed by atoms with Gasteiger partial charge >= 0.3 is 0 Å². The Bertz CT molecular complexity index is 859. The fourth-order valence-corrected chi connectivity index (χ4v) is 3.01. The summed E-state index contributed by atoms with van der Waals surface area (Å²) in [6.07, 6.45) is 0. The second kappa shape index (κ2) is 7.67. The molecule has 0 spiro atoms. The topological polar surface area (TPSA) is 75.7 Å². The minimum Gasteiger partial charge on any atom is -0.484 e. The van der Waals surface area contributed by atoms with E-state index in [2.05, 4.69) is 5.32 Å². The molecule has 6 nitrogen and oxygen atoms in total. The lowest BCUT2D eigenvalue weighted by Gasteiger charge is -2.14. The Balaban J connectivity index is 2.08. The number of ether oxygens (including phenoxy) is 1. The monoisotopic (exact) mass is 362 g/mol. The summed E-state index contributed by atoms with van der Waals surface area (Å²) in [5.41, 5.74) is 2.31. The summed E-state index contributed by atoms with van der Waals surface area (Å²) in [4.78, 5) is 12.2. The molecule has 25 heavy (non-hydrogen) atoms. The smallest absolute Gasteiger partial charge is 0.262 e. The maximum atomic E-state index is 12.2. The van der Waals surface area contributed by atoms with Crippen molar-refractivity contribution in [2.24, 2.45) is 0 Å². The predicted molar refractivity (Wildman–Crippen MR) is 97.4 cm³/mol. The molecule has 1 amide bonds. The van der Waals surface area contributed by atoms with Crippen molar-refractivity contribution < 1.29 is 17.9 Å². The number of amides is 1. The van der Waals surface area contributed by atoms with Gasteiger partial charge in [-0.1, -0.05) is 23.8 Å². The van der Waals surface area contributed by atoms with Crippen molar-refractivity contribution in [2.45, 2.75) is 18.7 Å². The Kier molecular flexibility index (Phi) is 5.81. The fraction of sp³-hybridized carbons (Fsp3) is 0.278. The van der Waals surface area contributed by atoms with Crippen LogP contribution in [0.1, 0.15) is 11.1 Å². The van der Waals surface area contributed by atoms with Crippen LogP contribution < -0.4 is 10.1 Å². The molecule has 0 saturated heterocycles. The van der Waals surface area contributed by atoms with E-state index in [9.17, 15) is 13.2 Å². The molecule has 0 aliphatic heterocycles. The summed E-state index contributed by atoms with van der Waals surface area (Å²) >= 11 is 0. The van der Waals surface area contributed by atoms with Crippen LogP contribution in [0.25, 0.3) is 0 Å². The lowest BCUT2D eigenvalue weighted by atomic mass is 10.2. The Morgan fingerprint density at radius 2 is 1.72 bits per heavy atom. The van der Waals surface area contributed by atoms with Crippen molar-refractivity contribution in [1.82, 2.24) is 4.31 Å². The Hall–Kier alpha value is -2.38. The van der Waals surface area contributed by atoms with Crippen molar-refractivity contribution in [2.75, 3.05) is 26.0 Å². The molecule has 0 aliphatic rings. The highest BCUT2D eigenvalue weighted by molar-refractivity contribution is 7.89. The second-order valence-electron chi connectivity index (χ2n) is 5.91. The minimum atomic E-state index is -3.56. The van der Waals surface area contributed by atoms with Gasteiger partial charge in [0.2, 0.25) is 10.0 Å². The third-order valence-corrected chi connectivity index (χ3v) is 5.46. The SMILES string of the molecule is Cc1ccc(OCC(=O)Nc2cc(S(=O)(=O)N(C)C)ccc2C)cc1. The van der Waals surface area contributed by atoms with Crippen LogP contribution in [0.15, 0.2) is 47.4 Å². The highest BCUT2D eigenvalue weighted by atomic mass is 32.2. The Morgan fingerprint density at radius 3 is 2.32 bits per heavy atom. The maximum Gasteiger partial charge on any atom is 0.262 e. The van der Waals surface area contributed by atoms with Gasteiger partial charge in [-0.15, -0.1) is 0 Å². The summed E-state index contributed by atoms with van der Waals surface area (Å²) in [7, 11) is -0.638. The molecule has 7 heteroatoms. The number of carbonyl (C=O) groups is 1. The zero-order valence-corrected chi connectivity index (χ0v) is 15.6. The lowest BCUT2D eigenvalue weighted by molar-refractivity contribution is -0.118. The van der Waals surface area contributed by atoms with Crippen LogP contribution in [-0.4, -0.2) is 39.3 Å². The summed E-state index contributed by atoms with van der Waals surface area (Å²) in [6.45, 7) is 3.60. The number of carbonyl (C=O) groups excluding carboxylic acids is 1. The zero-order chi connectivity index (χ0) is 18.6. The van der Waals surface area contributed by atoms with Gasteiger partial charge in [0.1, 0.15) is 5.75 Å². The van der Waals surface area contributed by atoms with Crippen LogP contribution >= 0.6 is 0 Å². The molecule has 0 aliphatic carbocycles. The molecular weight excluding hydrogens is 340 g/mol. The van der Waals surface area contributed by atoms with E-state index in [1.165, 1.54) is 26.2 Å². The number of sulfonamides is 1. The van der Waals surface area contributed by atoms with Crippen molar-refractivity contribution in [3.05, 3.63) is 53.6 Å². The maximum absolute atomic E-state index is 12.2. The quantitative estimate of drug-likeness (QED) is 0.857. The van der Waals surface area contributed by atoms with Gasteiger partial charge in [0.15, 0.2) is 6.61 Å². The van der Waals surface area contributed by atoms with Crippen LogP contribution in [0.4, 0.5) is 5.69 Å². The molecule has 1 N–H and O–H groups in total. The van der Waals surface area contributed by atoms with E-state index >= 15 is 0 Å². The molecule has 0 bridgehead atoms. The predicted octanol–water partition coefficient (Wildman–Crippen LogP) is 2.57. The molecule has 0 heterocycles. The van der Waals surface area contributed by atoms with Crippen molar-refractivity contribution in [3.63, 3.8) is 0 Å². The molecule has 0 saturated carbocycles. The molecule has 2 aromatic rings. The van der Waals surface area contributed by atoms with Gasteiger partial charge in [-0.2, -0.15) is 0 Å². The van der Waals surface area contributed by atoms with E-state index in [0.29, 0.717) is 11.4 Å². The molecule has 2 aromatic carbocycles. The molecule has 0 aromatic heterocycles. The van der Waals surface area contributed by atoms with Gasteiger partial charge < -0.3 is 10.1 Å². The highest BCUT2D eigenvalue weighted by Gasteiger charge is 2.18. The first kappa shape index (κ1) is 19.0. The van der Waals surface area contributed by atoms with Crippen LogP contribution in [0.2, 0.25) is 0 Å². The lowest BCUT2D eigenvalue weighted by Crippen LogP contribution is -2.23. The van der Waals surface area contributed by atoms with Crippen molar-refractivity contribution >= 4 is 21.6 Å². The van der Waals surface area contributed by atoms with Crippen molar-refractivity contribution in [1.29, 1.82) is 0 Å². The molecule has 0 atom stereocenters. The van der Waals surface area contributed by atoms with Crippen molar-refractivity contribution in [3.8, 4) is 5.75 Å². The van der Waals surface area contributed by atoms with E-state index in [1.807, 2.05) is 19.1 Å². The Morgan fingerprint density at radius 1 is 1.08 bits per heavy atom. The third kappa shape index (κ3) is 4.80. The average Bonchev–Trinajstić information content (AvgIpc) is 2.56. The Labute approximate surface area is 148 Å². The van der Waals surface area contributed by atoms with Gasteiger partial charge in [-0.25, -0.2) is 12.7 Å².